The number of aryl methyl sites for hydroxylation is 3. The molecule has 0 fully saturated rings. The molecule has 0 saturated carbocycles. The summed E-state index contributed by atoms with van der Waals surface area (Å²) in [5.41, 5.74) is 2.84. The number of carbonyl (C=O) groups is 2. The third-order valence-electron chi connectivity index (χ3n) is 3.15. The molecule has 9 heteroatoms. The van der Waals surface area contributed by atoms with Gasteiger partial charge in [-0.15, -0.1) is 5.10 Å². The summed E-state index contributed by atoms with van der Waals surface area (Å²) < 4.78 is 1.58. The maximum atomic E-state index is 11.8. The number of rotatable bonds is 5. The molecule has 0 radical (unpaired) electrons. The lowest BCUT2D eigenvalue weighted by Crippen LogP contribution is -2.35. The summed E-state index contributed by atoms with van der Waals surface area (Å²) in [4.78, 5) is 23.6. The Kier molecular flexibility index (Phi) is 5.69. The van der Waals surface area contributed by atoms with Crippen LogP contribution in [0.1, 0.15) is 18.1 Å². The van der Waals surface area contributed by atoms with E-state index < -0.39 is 11.9 Å². The van der Waals surface area contributed by atoms with Gasteiger partial charge in [-0.1, -0.05) is 17.8 Å². The Balaban J connectivity index is 1.82. The van der Waals surface area contributed by atoms with Crippen LogP contribution in [0.25, 0.3) is 0 Å². The first-order chi connectivity index (χ1) is 11.0. The summed E-state index contributed by atoms with van der Waals surface area (Å²) in [6, 6.07) is 4.99. The van der Waals surface area contributed by atoms with E-state index in [-0.39, 0.29) is 5.75 Å². The van der Waals surface area contributed by atoms with Crippen LogP contribution in [-0.2, 0) is 11.3 Å². The second-order valence-corrected chi connectivity index (χ2v) is 5.81. The van der Waals surface area contributed by atoms with Crippen molar-refractivity contribution in [2.75, 3.05) is 11.1 Å². The first-order valence-electron chi connectivity index (χ1n) is 7.06. The summed E-state index contributed by atoms with van der Waals surface area (Å²) in [6.07, 6.45) is 0. The van der Waals surface area contributed by atoms with Crippen LogP contribution >= 0.6 is 11.8 Å². The minimum Gasteiger partial charge on any atom is -0.308 e. The predicted molar refractivity (Wildman–Crippen MR) is 87.3 cm³/mol. The van der Waals surface area contributed by atoms with E-state index in [1.54, 1.807) is 10.7 Å². The molecule has 0 aliphatic rings. The number of benzene rings is 1. The highest BCUT2D eigenvalue weighted by Gasteiger charge is 2.12. The highest BCUT2D eigenvalue weighted by Crippen LogP contribution is 2.14. The smallest absolute Gasteiger partial charge is 0.308 e. The molecule has 2 rings (SSSR count). The lowest BCUT2D eigenvalue weighted by molar-refractivity contribution is -0.117. The van der Waals surface area contributed by atoms with Gasteiger partial charge in [0.1, 0.15) is 0 Å². The molecule has 3 amide bonds. The number of carbonyl (C=O) groups excluding carboxylic acids is 2. The van der Waals surface area contributed by atoms with Gasteiger partial charge < -0.3 is 5.32 Å². The van der Waals surface area contributed by atoms with Gasteiger partial charge in [0.15, 0.2) is 0 Å². The van der Waals surface area contributed by atoms with Crippen LogP contribution in [0.4, 0.5) is 10.5 Å². The van der Waals surface area contributed by atoms with Crippen molar-refractivity contribution in [1.29, 1.82) is 0 Å². The summed E-state index contributed by atoms with van der Waals surface area (Å²) >= 11 is 1.17. The van der Waals surface area contributed by atoms with Gasteiger partial charge in [0, 0.05) is 12.2 Å². The van der Waals surface area contributed by atoms with E-state index in [1.165, 1.54) is 11.8 Å². The van der Waals surface area contributed by atoms with Crippen LogP contribution in [0.2, 0.25) is 0 Å². The molecule has 122 valence electrons. The lowest BCUT2D eigenvalue weighted by atomic mass is 10.1. The number of nitrogens with one attached hydrogen (secondary N) is 2. The number of thioether (sulfide) groups is 1. The number of anilines is 1. The van der Waals surface area contributed by atoms with E-state index in [0.29, 0.717) is 17.4 Å². The predicted octanol–water partition coefficient (Wildman–Crippen LogP) is 1.75. The number of amides is 3. The maximum Gasteiger partial charge on any atom is 0.325 e. The first-order valence-corrected chi connectivity index (χ1v) is 8.05. The molecule has 23 heavy (non-hydrogen) atoms. The van der Waals surface area contributed by atoms with Crippen LogP contribution in [0.15, 0.2) is 23.4 Å². The van der Waals surface area contributed by atoms with Crippen LogP contribution in [0.5, 0.6) is 0 Å². The monoisotopic (exact) mass is 334 g/mol. The SMILES string of the molecule is CCn1nnnc1SCC(=O)NC(=O)Nc1ccc(C)c(C)c1. The molecule has 0 bridgehead atoms. The van der Waals surface area contributed by atoms with E-state index in [4.69, 9.17) is 0 Å². The third-order valence-corrected chi connectivity index (χ3v) is 4.11. The topological polar surface area (TPSA) is 102 Å². The number of hydrogen-bond donors (Lipinski definition) is 2. The molecular weight excluding hydrogens is 316 g/mol. The number of tetrazole rings is 1. The lowest BCUT2D eigenvalue weighted by Gasteiger charge is -2.08. The number of nitrogens with zero attached hydrogens (tertiary/aromatic N) is 4. The summed E-state index contributed by atoms with van der Waals surface area (Å²) in [5.74, 6) is -0.359. The fraction of sp³-hybridized carbons (Fsp3) is 0.357. The molecule has 0 atom stereocenters. The number of aromatic nitrogens is 4. The number of hydrogen-bond acceptors (Lipinski definition) is 6. The average Bonchev–Trinajstić information content (AvgIpc) is 2.96. The van der Waals surface area contributed by atoms with E-state index in [9.17, 15) is 9.59 Å². The second kappa shape index (κ2) is 7.73. The summed E-state index contributed by atoms with van der Waals surface area (Å²) in [6.45, 7) is 6.46. The minimum absolute atomic E-state index is 0.0563. The van der Waals surface area contributed by atoms with Crippen LogP contribution in [0.3, 0.4) is 0 Å². The first kappa shape index (κ1) is 16.9. The van der Waals surface area contributed by atoms with E-state index in [0.717, 1.165) is 11.1 Å². The zero-order valence-corrected chi connectivity index (χ0v) is 14.0. The Labute approximate surface area is 138 Å². The van der Waals surface area contributed by atoms with Gasteiger partial charge in [-0.2, -0.15) is 0 Å². The molecule has 1 heterocycles. The Bertz CT molecular complexity index is 715. The zero-order chi connectivity index (χ0) is 16.8. The normalized spacial score (nSPS) is 10.4. The Morgan fingerprint density at radius 1 is 1.26 bits per heavy atom. The van der Waals surface area contributed by atoms with Crippen LogP contribution < -0.4 is 10.6 Å². The van der Waals surface area contributed by atoms with Gasteiger partial charge in [-0.3, -0.25) is 10.1 Å². The molecule has 8 nitrogen and oxygen atoms in total. The van der Waals surface area contributed by atoms with Gasteiger partial charge in [-0.25, -0.2) is 9.48 Å². The standard InChI is InChI=1S/C14H18N6O2S/c1-4-20-14(17-18-19-20)23-8-12(21)16-13(22)15-11-6-5-9(2)10(3)7-11/h5-7H,4,8H2,1-3H3,(H2,15,16,21,22). The van der Waals surface area contributed by atoms with Crippen molar-refractivity contribution in [3.63, 3.8) is 0 Å². The molecule has 0 unspecified atom stereocenters. The average molecular weight is 334 g/mol. The van der Waals surface area contributed by atoms with Gasteiger partial charge in [0.05, 0.1) is 5.75 Å². The highest BCUT2D eigenvalue weighted by atomic mass is 32.2. The Morgan fingerprint density at radius 2 is 2.04 bits per heavy atom. The van der Waals surface area contributed by atoms with Gasteiger partial charge in [0.25, 0.3) is 0 Å². The molecule has 1 aromatic heterocycles. The largest absolute Gasteiger partial charge is 0.325 e. The minimum atomic E-state index is -0.561. The summed E-state index contributed by atoms with van der Waals surface area (Å²) in [7, 11) is 0. The molecule has 1 aromatic carbocycles. The summed E-state index contributed by atoms with van der Waals surface area (Å²) in [5, 5.41) is 16.6. The third kappa shape index (κ3) is 4.78. The fourth-order valence-corrected chi connectivity index (χ4v) is 2.51. The number of urea groups is 1. The number of imide groups is 1. The van der Waals surface area contributed by atoms with Gasteiger partial charge in [-0.05, 0) is 54.5 Å². The molecule has 0 spiro atoms. The van der Waals surface area contributed by atoms with E-state index in [1.807, 2.05) is 32.9 Å². The van der Waals surface area contributed by atoms with Crippen molar-refractivity contribution in [3.05, 3.63) is 29.3 Å². The van der Waals surface area contributed by atoms with E-state index in [2.05, 4.69) is 26.2 Å². The van der Waals surface area contributed by atoms with Crippen molar-refractivity contribution < 1.29 is 9.59 Å². The second-order valence-electron chi connectivity index (χ2n) is 4.87. The van der Waals surface area contributed by atoms with Gasteiger partial charge in [0.2, 0.25) is 11.1 Å². The van der Waals surface area contributed by atoms with Crippen molar-refractivity contribution in [1.82, 2.24) is 25.5 Å². The van der Waals surface area contributed by atoms with Crippen molar-refractivity contribution in [3.8, 4) is 0 Å². The molecule has 2 aromatic rings. The Morgan fingerprint density at radius 3 is 2.74 bits per heavy atom. The van der Waals surface area contributed by atoms with Crippen molar-refractivity contribution in [2.24, 2.45) is 0 Å². The van der Waals surface area contributed by atoms with Crippen LogP contribution in [-0.4, -0.2) is 37.9 Å². The van der Waals surface area contributed by atoms with Crippen LogP contribution in [0, 0.1) is 13.8 Å². The van der Waals surface area contributed by atoms with Crippen molar-refractivity contribution >= 4 is 29.4 Å². The van der Waals surface area contributed by atoms with Crippen molar-refractivity contribution in [2.45, 2.75) is 32.5 Å². The molecule has 0 saturated heterocycles. The molecule has 0 aliphatic heterocycles. The maximum absolute atomic E-state index is 11.8. The fourth-order valence-electron chi connectivity index (χ4n) is 1.77. The zero-order valence-electron chi connectivity index (χ0n) is 13.2. The molecule has 0 aliphatic carbocycles. The van der Waals surface area contributed by atoms with Gasteiger partial charge >= 0.3 is 6.03 Å². The van der Waals surface area contributed by atoms with E-state index >= 15 is 0 Å². The quantitative estimate of drug-likeness (QED) is 0.808. The highest BCUT2D eigenvalue weighted by molar-refractivity contribution is 7.99. The molecular formula is C14H18N6O2S. The Hall–Kier alpha value is -2.42. The molecule has 2 N–H and O–H groups in total.